The number of hydrogen-bond donors (Lipinski definition) is 2. The summed E-state index contributed by atoms with van der Waals surface area (Å²) < 4.78 is 0. The molecule has 0 heterocycles. The molecule has 0 aliphatic rings. The number of carboxylic acid groups (broad SMARTS) is 1. The Kier molecular flexibility index (Phi) is 5.64. The van der Waals surface area contributed by atoms with Gasteiger partial charge in [0.05, 0.1) is 13.0 Å². The third-order valence-electron chi connectivity index (χ3n) is 2.34. The predicted octanol–water partition coefficient (Wildman–Crippen LogP) is 0.211. The van der Waals surface area contributed by atoms with Crippen LogP contribution in [0.5, 0.6) is 0 Å². The third kappa shape index (κ3) is 6.55. The van der Waals surface area contributed by atoms with E-state index in [1.807, 2.05) is 0 Å². The van der Waals surface area contributed by atoms with Crippen molar-refractivity contribution >= 4 is 17.8 Å². The lowest BCUT2D eigenvalue weighted by Gasteiger charge is -2.26. The molecule has 0 unspecified atom stereocenters. The van der Waals surface area contributed by atoms with Crippen molar-refractivity contribution in [1.82, 2.24) is 4.90 Å². The smallest absolute Gasteiger partial charge is 0.303 e. The Bertz CT molecular complexity index is 313. The fourth-order valence-corrected chi connectivity index (χ4v) is 1.56. The molecule has 6 nitrogen and oxygen atoms in total. The summed E-state index contributed by atoms with van der Waals surface area (Å²) in [5.74, 6) is -1.77. The van der Waals surface area contributed by atoms with Gasteiger partial charge in [-0.25, -0.2) is 0 Å². The average Bonchev–Trinajstić information content (AvgIpc) is 2.10. The van der Waals surface area contributed by atoms with Crippen molar-refractivity contribution in [1.29, 1.82) is 0 Å². The first-order valence-corrected chi connectivity index (χ1v) is 5.46. The number of rotatable bonds is 7. The Morgan fingerprint density at radius 3 is 2.12 bits per heavy atom. The van der Waals surface area contributed by atoms with Crippen molar-refractivity contribution in [3.8, 4) is 0 Å². The molecule has 2 amide bonds. The van der Waals surface area contributed by atoms with Crippen molar-refractivity contribution in [3.63, 3.8) is 0 Å². The lowest BCUT2D eigenvalue weighted by molar-refractivity contribution is -0.141. The summed E-state index contributed by atoms with van der Waals surface area (Å²) in [6.45, 7) is 5.41. The van der Waals surface area contributed by atoms with Crippen molar-refractivity contribution in [2.45, 2.75) is 33.6 Å². The molecule has 0 aromatic heterocycles. The molecule has 0 aliphatic carbocycles. The molecule has 3 N–H and O–H groups in total. The zero-order valence-corrected chi connectivity index (χ0v) is 10.5. The lowest BCUT2D eigenvalue weighted by atomic mass is 9.85. The second-order valence-corrected chi connectivity index (χ2v) is 4.79. The molecule has 0 aromatic rings. The van der Waals surface area contributed by atoms with Crippen LogP contribution in [0.25, 0.3) is 0 Å². The fraction of sp³-hybridized carbons (Fsp3) is 0.727. The van der Waals surface area contributed by atoms with Crippen LogP contribution >= 0.6 is 0 Å². The second-order valence-electron chi connectivity index (χ2n) is 4.79. The number of hydrogen-bond acceptors (Lipinski definition) is 3. The van der Waals surface area contributed by atoms with E-state index < -0.39 is 17.3 Å². The SMILES string of the molecule is CCN(CC(N)=O)C(=O)CC(C)(C)CC(=O)O. The summed E-state index contributed by atoms with van der Waals surface area (Å²) in [5.41, 5.74) is 4.39. The summed E-state index contributed by atoms with van der Waals surface area (Å²) in [4.78, 5) is 34.5. The van der Waals surface area contributed by atoms with Crippen molar-refractivity contribution in [2.24, 2.45) is 11.1 Å². The third-order valence-corrected chi connectivity index (χ3v) is 2.34. The number of likely N-dealkylation sites (N-methyl/N-ethyl adjacent to an activating group) is 1. The Labute approximate surface area is 101 Å². The van der Waals surface area contributed by atoms with E-state index in [1.54, 1.807) is 20.8 Å². The van der Waals surface area contributed by atoms with Crippen LogP contribution in [0, 0.1) is 5.41 Å². The molecule has 0 aromatic carbocycles. The molecule has 0 saturated carbocycles. The topological polar surface area (TPSA) is 101 Å². The van der Waals surface area contributed by atoms with Crippen molar-refractivity contribution in [3.05, 3.63) is 0 Å². The highest BCUT2D eigenvalue weighted by Crippen LogP contribution is 2.25. The molecule has 0 spiro atoms. The molecule has 0 fully saturated rings. The monoisotopic (exact) mass is 244 g/mol. The zero-order chi connectivity index (χ0) is 13.6. The maximum absolute atomic E-state index is 11.8. The largest absolute Gasteiger partial charge is 0.481 e. The normalized spacial score (nSPS) is 11.0. The van der Waals surface area contributed by atoms with Crippen molar-refractivity contribution in [2.75, 3.05) is 13.1 Å². The number of nitrogens with zero attached hydrogens (tertiary/aromatic N) is 1. The maximum Gasteiger partial charge on any atom is 0.303 e. The van der Waals surface area contributed by atoms with Gasteiger partial charge in [0.2, 0.25) is 11.8 Å². The Hall–Kier alpha value is -1.59. The van der Waals surface area contributed by atoms with Gasteiger partial charge < -0.3 is 15.7 Å². The first-order valence-electron chi connectivity index (χ1n) is 5.46. The van der Waals surface area contributed by atoms with E-state index in [0.29, 0.717) is 6.54 Å². The van der Waals surface area contributed by atoms with Gasteiger partial charge >= 0.3 is 5.97 Å². The number of nitrogens with two attached hydrogens (primary N) is 1. The molecule has 98 valence electrons. The highest BCUT2D eigenvalue weighted by atomic mass is 16.4. The number of primary amides is 1. The molecule has 0 atom stereocenters. The average molecular weight is 244 g/mol. The van der Waals surface area contributed by atoms with E-state index in [-0.39, 0.29) is 25.3 Å². The molecule has 0 radical (unpaired) electrons. The molecule has 6 heteroatoms. The quantitative estimate of drug-likeness (QED) is 0.668. The van der Waals surface area contributed by atoms with E-state index in [2.05, 4.69) is 0 Å². The van der Waals surface area contributed by atoms with Gasteiger partial charge in [-0.1, -0.05) is 13.8 Å². The number of carbonyl (C=O) groups excluding carboxylic acids is 2. The molecule has 0 saturated heterocycles. The fourth-order valence-electron chi connectivity index (χ4n) is 1.56. The van der Waals surface area contributed by atoms with Crippen LogP contribution in [-0.2, 0) is 14.4 Å². The zero-order valence-electron chi connectivity index (χ0n) is 10.5. The lowest BCUT2D eigenvalue weighted by Crippen LogP contribution is -2.40. The van der Waals surface area contributed by atoms with Gasteiger partial charge in [-0.15, -0.1) is 0 Å². The minimum Gasteiger partial charge on any atom is -0.481 e. The minimum atomic E-state index is -0.944. The molecule has 0 aliphatic heterocycles. The van der Waals surface area contributed by atoms with Gasteiger partial charge in [-0.3, -0.25) is 14.4 Å². The molecule has 0 bridgehead atoms. The molecular formula is C11H20N2O4. The van der Waals surface area contributed by atoms with Crippen LogP contribution in [-0.4, -0.2) is 40.9 Å². The minimum absolute atomic E-state index is 0.0837. The first-order chi connectivity index (χ1) is 7.68. The summed E-state index contributed by atoms with van der Waals surface area (Å²) >= 11 is 0. The number of amides is 2. The molecule has 17 heavy (non-hydrogen) atoms. The van der Waals surface area contributed by atoms with Crippen molar-refractivity contribution < 1.29 is 19.5 Å². The van der Waals surface area contributed by atoms with Gasteiger partial charge in [0.15, 0.2) is 0 Å². The summed E-state index contributed by atoms with van der Waals surface area (Å²) in [6.07, 6.45) is -0.00666. The highest BCUT2D eigenvalue weighted by Gasteiger charge is 2.27. The van der Waals surface area contributed by atoms with Gasteiger partial charge in [0, 0.05) is 13.0 Å². The summed E-state index contributed by atoms with van der Waals surface area (Å²) in [5, 5.41) is 8.70. The first kappa shape index (κ1) is 15.4. The van der Waals surface area contributed by atoms with Crippen LogP contribution in [0.2, 0.25) is 0 Å². The van der Waals surface area contributed by atoms with Crippen LogP contribution in [0.3, 0.4) is 0 Å². The van der Waals surface area contributed by atoms with Gasteiger partial charge in [-0.2, -0.15) is 0 Å². The summed E-state index contributed by atoms with van der Waals surface area (Å²) in [7, 11) is 0. The number of carbonyl (C=O) groups is 3. The van der Waals surface area contributed by atoms with Crippen LogP contribution in [0.4, 0.5) is 0 Å². The van der Waals surface area contributed by atoms with Crippen LogP contribution in [0.15, 0.2) is 0 Å². The van der Waals surface area contributed by atoms with Gasteiger partial charge in [-0.05, 0) is 12.3 Å². The van der Waals surface area contributed by atoms with E-state index in [9.17, 15) is 14.4 Å². The van der Waals surface area contributed by atoms with E-state index in [0.717, 1.165) is 0 Å². The molecular weight excluding hydrogens is 224 g/mol. The Balaban J connectivity index is 4.49. The Morgan fingerprint density at radius 2 is 1.76 bits per heavy atom. The maximum atomic E-state index is 11.8. The van der Waals surface area contributed by atoms with E-state index >= 15 is 0 Å². The van der Waals surface area contributed by atoms with Gasteiger partial charge in [0.25, 0.3) is 0 Å². The standard InChI is InChI=1S/C11H20N2O4/c1-4-13(7-8(12)14)9(15)5-11(2,3)6-10(16)17/h4-7H2,1-3H3,(H2,12,14)(H,16,17). The summed E-state index contributed by atoms with van der Waals surface area (Å²) in [6, 6.07) is 0. The van der Waals surface area contributed by atoms with Gasteiger partial charge in [0.1, 0.15) is 0 Å². The molecule has 0 rings (SSSR count). The predicted molar refractivity (Wildman–Crippen MR) is 62.1 cm³/mol. The Morgan fingerprint density at radius 1 is 1.24 bits per heavy atom. The van der Waals surface area contributed by atoms with Crippen LogP contribution in [0.1, 0.15) is 33.6 Å². The highest BCUT2D eigenvalue weighted by molar-refractivity contribution is 5.84. The number of aliphatic carboxylic acids is 1. The number of carboxylic acids is 1. The van der Waals surface area contributed by atoms with E-state index in [4.69, 9.17) is 10.8 Å². The second kappa shape index (κ2) is 6.22. The van der Waals surface area contributed by atoms with Crippen LogP contribution < -0.4 is 5.73 Å². The van der Waals surface area contributed by atoms with E-state index in [1.165, 1.54) is 4.90 Å².